The molecule has 0 spiro atoms. The number of nitrogens with one attached hydrogen (secondary N) is 1. The van der Waals surface area contributed by atoms with Crippen LogP contribution in [0.2, 0.25) is 0 Å². The molecule has 1 aromatic heterocycles. The molecule has 1 aliphatic rings. The van der Waals surface area contributed by atoms with Crippen LogP contribution in [0.5, 0.6) is 0 Å². The average molecular weight is 263 g/mol. The first-order valence-electron chi connectivity index (χ1n) is 6.72. The van der Waals surface area contributed by atoms with E-state index in [2.05, 4.69) is 11.4 Å². The Bertz CT molecular complexity index is 528. The highest BCUT2D eigenvalue weighted by Gasteiger charge is 2.13. The van der Waals surface area contributed by atoms with Crippen molar-refractivity contribution in [3.63, 3.8) is 0 Å². The van der Waals surface area contributed by atoms with Crippen LogP contribution in [0.15, 0.2) is 24.3 Å². The number of hydrogen-bond acceptors (Lipinski definition) is 2. The van der Waals surface area contributed by atoms with Crippen LogP contribution in [0.4, 0.5) is 4.39 Å². The highest BCUT2D eigenvalue weighted by atomic mass is 32.1. The highest BCUT2D eigenvalue weighted by Crippen LogP contribution is 2.27. The summed E-state index contributed by atoms with van der Waals surface area (Å²) in [6, 6.07) is 7.89. The molecule has 18 heavy (non-hydrogen) atoms. The second kappa shape index (κ2) is 5.37. The third-order valence-electron chi connectivity index (χ3n) is 3.70. The summed E-state index contributed by atoms with van der Waals surface area (Å²) in [4.78, 5) is 1.31. The molecule has 1 aliphatic carbocycles. The van der Waals surface area contributed by atoms with E-state index < -0.39 is 0 Å². The van der Waals surface area contributed by atoms with Crippen LogP contribution in [0.1, 0.15) is 37.0 Å². The summed E-state index contributed by atoms with van der Waals surface area (Å²) in [5.41, 5.74) is 0. The Morgan fingerprint density at radius 1 is 1.17 bits per heavy atom. The number of halogens is 1. The van der Waals surface area contributed by atoms with E-state index in [0.29, 0.717) is 6.04 Å². The van der Waals surface area contributed by atoms with E-state index in [1.54, 1.807) is 17.4 Å². The van der Waals surface area contributed by atoms with Crippen LogP contribution in [-0.2, 0) is 6.54 Å². The maximum Gasteiger partial charge on any atom is 0.124 e. The Balaban J connectivity index is 1.67. The van der Waals surface area contributed by atoms with Gasteiger partial charge in [-0.05, 0) is 36.4 Å². The van der Waals surface area contributed by atoms with Crippen molar-refractivity contribution in [2.24, 2.45) is 0 Å². The van der Waals surface area contributed by atoms with E-state index in [1.165, 1.54) is 43.0 Å². The van der Waals surface area contributed by atoms with E-state index in [0.717, 1.165) is 16.6 Å². The lowest BCUT2D eigenvalue weighted by Crippen LogP contribution is -2.30. The molecule has 0 unspecified atom stereocenters. The van der Waals surface area contributed by atoms with Crippen molar-refractivity contribution in [1.82, 2.24) is 5.32 Å². The number of rotatable bonds is 3. The molecule has 1 nitrogen and oxygen atoms in total. The van der Waals surface area contributed by atoms with E-state index in [9.17, 15) is 4.39 Å². The Hall–Kier alpha value is -0.930. The van der Waals surface area contributed by atoms with E-state index in [-0.39, 0.29) is 5.82 Å². The van der Waals surface area contributed by atoms with Crippen LogP contribution in [0.25, 0.3) is 10.1 Å². The van der Waals surface area contributed by atoms with Gasteiger partial charge < -0.3 is 5.32 Å². The Labute approximate surface area is 111 Å². The van der Waals surface area contributed by atoms with Crippen LogP contribution < -0.4 is 5.32 Å². The van der Waals surface area contributed by atoms with E-state index in [4.69, 9.17) is 0 Å². The third kappa shape index (κ3) is 2.73. The van der Waals surface area contributed by atoms with Gasteiger partial charge >= 0.3 is 0 Å². The minimum absolute atomic E-state index is 0.142. The molecule has 2 aromatic rings. The largest absolute Gasteiger partial charge is 0.309 e. The van der Waals surface area contributed by atoms with Gasteiger partial charge in [-0.3, -0.25) is 0 Å². The van der Waals surface area contributed by atoms with E-state index in [1.807, 2.05) is 6.07 Å². The lowest BCUT2D eigenvalue weighted by molar-refractivity contribution is 0.373. The van der Waals surface area contributed by atoms with Gasteiger partial charge in [0.15, 0.2) is 0 Å². The van der Waals surface area contributed by atoms with Crippen molar-refractivity contribution in [3.05, 3.63) is 35.0 Å². The summed E-state index contributed by atoms with van der Waals surface area (Å²) >= 11 is 1.70. The molecule has 0 amide bonds. The fourth-order valence-corrected chi connectivity index (χ4v) is 3.74. The van der Waals surface area contributed by atoms with Crippen molar-refractivity contribution in [2.75, 3.05) is 0 Å². The zero-order valence-corrected chi connectivity index (χ0v) is 11.2. The molecule has 0 atom stereocenters. The third-order valence-corrected chi connectivity index (χ3v) is 4.80. The van der Waals surface area contributed by atoms with Crippen molar-refractivity contribution in [1.29, 1.82) is 0 Å². The number of fused-ring (bicyclic) bond motifs is 1. The first-order chi connectivity index (χ1) is 8.81. The summed E-state index contributed by atoms with van der Waals surface area (Å²) < 4.78 is 14.2. The Kier molecular flexibility index (Phi) is 3.62. The van der Waals surface area contributed by atoms with Crippen LogP contribution >= 0.6 is 11.3 Å². The lowest BCUT2D eigenvalue weighted by atomic mass is 9.95. The Morgan fingerprint density at radius 3 is 2.83 bits per heavy atom. The second-order valence-electron chi connectivity index (χ2n) is 5.11. The fraction of sp³-hybridized carbons (Fsp3) is 0.467. The molecule has 1 N–H and O–H groups in total. The summed E-state index contributed by atoms with van der Waals surface area (Å²) in [6.45, 7) is 0.922. The zero-order valence-electron chi connectivity index (χ0n) is 10.4. The van der Waals surface area contributed by atoms with Gasteiger partial charge in [0, 0.05) is 22.2 Å². The lowest BCUT2D eigenvalue weighted by Gasteiger charge is -2.22. The van der Waals surface area contributed by atoms with Gasteiger partial charge in [-0.15, -0.1) is 11.3 Å². The topological polar surface area (TPSA) is 12.0 Å². The maximum absolute atomic E-state index is 13.1. The van der Waals surface area contributed by atoms with Crippen molar-refractivity contribution < 1.29 is 4.39 Å². The average Bonchev–Trinajstić information content (AvgIpc) is 2.79. The maximum atomic E-state index is 13.1. The van der Waals surface area contributed by atoms with Gasteiger partial charge in [-0.1, -0.05) is 25.3 Å². The summed E-state index contributed by atoms with van der Waals surface area (Å²) in [7, 11) is 0. The standard InChI is InChI=1S/C15H18FNS/c16-12-7-6-11-8-14(18-15(11)9-12)10-17-13-4-2-1-3-5-13/h6-9,13,17H,1-5,10H2. The molecule has 1 fully saturated rings. The van der Waals surface area contributed by atoms with Crippen molar-refractivity contribution in [2.45, 2.75) is 44.7 Å². The van der Waals surface area contributed by atoms with Crippen molar-refractivity contribution >= 4 is 21.4 Å². The predicted octanol–water partition coefficient (Wildman–Crippen LogP) is 4.46. The number of thiophene rings is 1. The molecular weight excluding hydrogens is 245 g/mol. The molecule has 0 bridgehead atoms. The summed E-state index contributed by atoms with van der Waals surface area (Å²) in [5.74, 6) is -0.142. The van der Waals surface area contributed by atoms with Gasteiger partial charge in [0.25, 0.3) is 0 Å². The molecular formula is C15H18FNS. The first-order valence-corrected chi connectivity index (χ1v) is 7.54. The first kappa shape index (κ1) is 12.1. The van der Waals surface area contributed by atoms with Gasteiger partial charge in [-0.25, -0.2) is 4.39 Å². The summed E-state index contributed by atoms with van der Waals surface area (Å²) in [6.07, 6.45) is 6.71. The molecule has 1 aromatic carbocycles. The smallest absolute Gasteiger partial charge is 0.124 e. The molecule has 0 aliphatic heterocycles. The molecule has 96 valence electrons. The van der Waals surface area contributed by atoms with Gasteiger partial charge in [-0.2, -0.15) is 0 Å². The number of hydrogen-bond donors (Lipinski definition) is 1. The minimum atomic E-state index is -0.142. The quantitative estimate of drug-likeness (QED) is 0.862. The van der Waals surface area contributed by atoms with Crippen LogP contribution in [0, 0.1) is 5.82 Å². The Morgan fingerprint density at radius 2 is 2.00 bits per heavy atom. The molecule has 0 saturated heterocycles. The fourth-order valence-electron chi connectivity index (χ4n) is 2.70. The van der Waals surface area contributed by atoms with Gasteiger partial charge in [0.1, 0.15) is 5.82 Å². The number of benzene rings is 1. The monoisotopic (exact) mass is 263 g/mol. The van der Waals surface area contributed by atoms with E-state index >= 15 is 0 Å². The molecule has 3 rings (SSSR count). The minimum Gasteiger partial charge on any atom is -0.309 e. The molecule has 0 radical (unpaired) electrons. The molecule has 3 heteroatoms. The summed E-state index contributed by atoms with van der Waals surface area (Å²) in [5, 5.41) is 4.78. The predicted molar refractivity (Wildman–Crippen MR) is 75.5 cm³/mol. The highest BCUT2D eigenvalue weighted by molar-refractivity contribution is 7.19. The SMILES string of the molecule is Fc1ccc2cc(CNC3CCCCC3)sc2c1. The van der Waals surface area contributed by atoms with Gasteiger partial charge in [0.05, 0.1) is 0 Å². The van der Waals surface area contributed by atoms with Crippen molar-refractivity contribution in [3.8, 4) is 0 Å². The van der Waals surface area contributed by atoms with Gasteiger partial charge in [0.2, 0.25) is 0 Å². The molecule has 1 saturated carbocycles. The molecule has 1 heterocycles. The normalized spacial score (nSPS) is 17.4. The van der Waals surface area contributed by atoms with Crippen LogP contribution in [-0.4, -0.2) is 6.04 Å². The van der Waals surface area contributed by atoms with Crippen LogP contribution in [0.3, 0.4) is 0 Å². The second-order valence-corrected chi connectivity index (χ2v) is 6.28. The zero-order chi connectivity index (χ0) is 12.4.